The summed E-state index contributed by atoms with van der Waals surface area (Å²) in [5.74, 6) is 0.148. The Hall–Kier alpha value is -2.97. The highest BCUT2D eigenvalue weighted by Gasteiger charge is 2.17. The Bertz CT molecular complexity index is 831. The molecular formula is C14H16N6O3. The average molecular weight is 316 g/mol. The first-order valence-electron chi connectivity index (χ1n) is 7.16. The predicted molar refractivity (Wildman–Crippen MR) is 78.3 cm³/mol. The van der Waals surface area contributed by atoms with Crippen molar-refractivity contribution in [3.8, 4) is 11.3 Å². The highest BCUT2D eigenvalue weighted by molar-refractivity contribution is 5.93. The highest BCUT2D eigenvalue weighted by atomic mass is 16.6. The third-order valence-corrected chi connectivity index (χ3v) is 3.57. The summed E-state index contributed by atoms with van der Waals surface area (Å²) in [6.45, 7) is 6.67. The lowest BCUT2D eigenvalue weighted by Crippen LogP contribution is -2.23. The van der Waals surface area contributed by atoms with Crippen molar-refractivity contribution in [3.63, 3.8) is 0 Å². The minimum Gasteiger partial charge on any atom is -0.355 e. The van der Waals surface area contributed by atoms with Gasteiger partial charge < -0.3 is 9.84 Å². The molecular weight excluding hydrogens is 300 g/mol. The van der Waals surface area contributed by atoms with Crippen LogP contribution in [0.4, 0.5) is 0 Å². The van der Waals surface area contributed by atoms with Crippen LogP contribution in [-0.2, 0) is 13.1 Å². The number of carbonyl (C=O) groups is 1. The third kappa shape index (κ3) is 2.85. The van der Waals surface area contributed by atoms with Gasteiger partial charge in [-0.05, 0) is 20.8 Å². The fourth-order valence-electron chi connectivity index (χ4n) is 2.18. The molecule has 1 N–H and O–H groups in total. The number of nitrogens with zero attached hydrogens (tertiary/aromatic N) is 5. The molecule has 0 aliphatic carbocycles. The SMILES string of the molecule is CCn1ncc(-c2cc(C(=O)NCc3nonc3C)no2)c1C. The Labute approximate surface area is 131 Å². The minimum atomic E-state index is -0.358. The number of aromatic nitrogens is 5. The summed E-state index contributed by atoms with van der Waals surface area (Å²) in [5, 5.41) is 18.1. The molecule has 1 amide bonds. The summed E-state index contributed by atoms with van der Waals surface area (Å²) in [5.41, 5.74) is 3.17. The summed E-state index contributed by atoms with van der Waals surface area (Å²) in [7, 11) is 0. The van der Waals surface area contributed by atoms with Gasteiger partial charge in [-0.3, -0.25) is 9.48 Å². The van der Waals surface area contributed by atoms with E-state index < -0.39 is 0 Å². The molecule has 0 saturated heterocycles. The summed E-state index contributed by atoms with van der Waals surface area (Å²) >= 11 is 0. The fourth-order valence-corrected chi connectivity index (χ4v) is 2.18. The molecule has 0 fully saturated rings. The molecule has 0 unspecified atom stereocenters. The van der Waals surface area contributed by atoms with Crippen LogP contribution in [0.3, 0.4) is 0 Å². The zero-order valence-corrected chi connectivity index (χ0v) is 13.0. The van der Waals surface area contributed by atoms with E-state index in [-0.39, 0.29) is 18.1 Å². The van der Waals surface area contributed by atoms with Crippen LogP contribution in [0.5, 0.6) is 0 Å². The summed E-state index contributed by atoms with van der Waals surface area (Å²) in [6.07, 6.45) is 1.70. The number of hydrogen-bond donors (Lipinski definition) is 1. The molecule has 23 heavy (non-hydrogen) atoms. The standard InChI is InChI=1S/C14H16N6O3/c1-4-20-9(3)10(6-16-20)13-5-11(18-22-13)14(21)15-7-12-8(2)17-23-19-12/h5-6H,4,7H2,1-3H3,(H,15,21). The van der Waals surface area contributed by atoms with Crippen molar-refractivity contribution in [1.82, 2.24) is 30.6 Å². The average Bonchev–Trinajstić information content (AvgIpc) is 3.25. The Kier molecular flexibility index (Phi) is 3.92. The lowest BCUT2D eigenvalue weighted by atomic mass is 10.2. The molecule has 9 nitrogen and oxygen atoms in total. The lowest BCUT2D eigenvalue weighted by Gasteiger charge is -1.99. The second-order valence-electron chi connectivity index (χ2n) is 5.01. The van der Waals surface area contributed by atoms with Crippen LogP contribution in [0, 0.1) is 13.8 Å². The van der Waals surface area contributed by atoms with Crippen LogP contribution in [0.15, 0.2) is 21.4 Å². The van der Waals surface area contributed by atoms with Crippen molar-refractivity contribution in [1.29, 1.82) is 0 Å². The van der Waals surface area contributed by atoms with Gasteiger partial charge in [-0.2, -0.15) is 5.10 Å². The van der Waals surface area contributed by atoms with Crippen molar-refractivity contribution < 1.29 is 13.9 Å². The van der Waals surface area contributed by atoms with Crippen LogP contribution in [0.2, 0.25) is 0 Å². The maximum absolute atomic E-state index is 12.1. The van der Waals surface area contributed by atoms with Crippen molar-refractivity contribution in [2.75, 3.05) is 0 Å². The van der Waals surface area contributed by atoms with Gasteiger partial charge in [-0.25, -0.2) is 4.63 Å². The zero-order valence-electron chi connectivity index (χ0n) is 13.0. The van der Waals surface area contributed by atoms with E-state index in [0.29, 0.717) is 17.1 Å². The number of carbonyl (C=O) groups excluding carboxylic acids is 1. The van der Waals surface area contributed by atoms with Crippen LogP contribution in [0.25, 0.3) is 11.3 Å². The van der Waals surface area contributed by atoms with Gasteiger partial charge in [-0.15, -0.1) is 0 Å². The van der Waals surface area contributed by atoms with Gasteiger partial charge in [0, 0.05) is 18.3 Å². The van der Waals surface area contributed by atoms with Gasteiger partial charge in [0.25, 0.3) is 5.91 Å². The van der Waals surface area contributed by atoms with E-state index >= 15 is 0 Å². The van der Waals surface area contributed by atoms with E-state index in [1.165, 1.54) is 0 Å². The normalized spacial score (nSPS) is 10.9. The summed E-state index contributed by atoms with van der Waals surface area (Å²) in [6, 6.07) is 1.59. The van der Waals surface area contributed by atoms with E-state index in [9.17, 15) is 4.79 Å². The maximum atomic E-state index is 12.1. The van der Waals surface area contributed by atoms with Crippen LogP contribution >= 0.6 is 0 Å². The second-order valence-corrected chi connectivity index (χ2v) is 5.01. The van der Waals surface area contributed by atoms with Crippen molar-refractivity contribution in [2.45, 2.75) is 33.9 Å². The molecule has 0 aromatic carbocycles. The molecule has 0 aliphatic rings. The molecule has 0 aliphatic heterocycles. The molecule has 0 radical (unpaired) electrons. The van der Waals surface area contributed by atoms with Gasteiger partial charge in [-0.1, -0.05) is 15.5 Å². The second kappa shape index (κ2) is 6.03. The van der Waals surface area contributed by atoms with Crippen molar-refractivity contribution >= 4 is 5.91 Å². The number of aryl methyl sites for hydroxylation is 2. The van der Waals surface area contributed by atoms with Crippen molar-refractivity contribution in [2.24, 2.45) is 0 Å². The highest BCUT2D eigenvalue weighted by Crippen LogP contribution is 2.23. The molecule has 3 heterocycles. The quantitative estimate of drug-likeness (QED) is 0.758. The van der Waals surface area contributed by atoms with E-state index in [0.717, 1.165) is 17.8 Å². The molecule has 3 rings (SSSR count). The molecule has 120 valence electrons. The number of nitrogens with one attached hydrogen (secondary N) is 1. The van der Waals surface area contributed by atoms with E-state index in [2.05, 4.69) is 30.5 Å². The lowest BCUT2D eigenvalue weighted by molar-refractivity contribution is 0.0941. The topological polar surface area (TPSA) is 112 Å². The Balaban J connectivity index is 1.72. The van der Waals surface area contributed by atoms with Gasteiger partial charge in [0.1, 0.15) is 11.4 Å². The van der Waals surface area contributed by atoms with E-state index in [4.69, 9.17) is 4.52 Å². The number of amides is 1. The molecule has 9 heteroatoms. The molecule has 0 bridgehead atoms. The number of hydrogen-bond acceptors (Lipinski definition) is 7. The van der Waals surface area contributed by atoms with Crippen molar-refractivity contribution in [3.05, 3.63) is 35.0 Å². The molecule has 0 spiro atoms. The smallest absolute Gasteiger partial charge is 0.273 e. The number of rotatable bonds is 5. The fraction of sp³-hybridized carbons (Fsp3) is 0.357. The first-order valence-corrected chi connectivity index (χ1v) is 7.16. The maximum Gasteiger partial charge on any atom is 0.273 e. The molecule has 3 aromatic heterocycles. The zero-order chi connectivity index (χ0) is 16.4. The van der Waals surface area contributed by atoms with Gasteiger partial charge in [0.05, 0.1) is 18.3 Å². The van der Waals surface area contributed by atoms with Gasteiger partial charge >= 0.3 is 0 Å². The van der Waals surface area contributed by atoms with Gasteiger partial charge in [0.2, 0.25) is 0 Å². The molecule has 3 aromatic rings. The molecule has 0 saturated carbocycles. The van der Waals surface area contributed by atoms with Crippen LogP contribution in [0.1, 0.15) is 34.5 Å². The van der Waals surface area contributed by atoms with Gasteiger partial charge in [0.15, 0.2) is 11.5 Å². The Morgan fingerprint density at radius 2 is 2.13 bits per heavy atom. The minimum absolute atomic E-state index is 0.192. The van der Waals surface area contributed by atoms with E-state index in [1.54, 1.807) is 19.2 Å². The largest absolute Gasteiger partial charge is 0.355 e. The third-order valence-electron chi connectivity index (χ3n) is 3.57. The van der Waals surface area contributed by atoms with E-state index in [1.807, 2.05) is 18.5 Å². The Morgan fingerprint density at radius 1 is 1.30 bits per heavy atom. The summed E-state index contributed by atoms with van der Waals surface area (Å²) in [4.78, 5) is 12.1. The first kappa shape index (κ1) is 14.9. The summed E-state index contributed by atoms with van der Waals surface area (Å²) < 4.78 is 11.7. The molecule has 0 atom stereocenters. The van der Waals surface area contributed by atoms with Crippen LogP contribution in [-0.4, -0.2) is 31.2 Å². The van der Waals surface area contributed by atoms with Crippen LogP contribution < -0.4 is 5.32 Å². The monoisotopic (exact) mass is 316 g/mol. The first-order chi connectivity index (χ1) is 11.1. The predicted octanol–water partition coefficient (Wildman–Crippen LogP) is 1.49. The Morgan fingerprint density at radius 3 is 2.78 bits per heavy atom.